The fraction of sp³-hybridized carbons (Fsp3) is 0.269. The molecule has 0 saturated carbocycles. The van der Waals surface area contributed by atoms with Gasteiger partial charge in [0, 0.05) is 0 Å². The lowest BCUT2D eigenvalue weighted by molar-refractivity contribution is 0.685. The van der Waals surface area contributed by atoms with Gasteiger partial charge in [0.2, 0.25) is 0 Å². The highest BCUT2D eigenvalue weighted by molar-refractivity contribution is 5.98. The van der Waals surface area contributed by atoms with E-state index < -0.39 is 0 Å². The summed E-state index contributed by atoms with van der Waals surface area (Å²) in [6, 6.07) is 56.5. The minimum atomic E-state index is 0. The zero-order chi connectivity index (χ0) is 32.4. The summed E-state index contributed by atoms with van der Waals surface area (Å²) < 4.78 is 0. The molecule has 0 fully saturated rings. The van der Waals surface area contributed by atoms with Crippen molar-refractivity contribution < 1.29 is 0 Å². The Morgan fingerprint density at radius 1 is 0.231 bits per heavy atom. The van der Waals surface area contributed by atoms with E-state index in [1.165, 1.54) is 95.2 Å². The number of hydrogen-bond acceptors (Lipinski definition) is 0. The highest BCUT2D eigenvalue weighted by Gasteiger charge is 2.13. The topological polar surface area (TPSA) is 0 Å². The van der Waals surface area contributed by atoms with Crippen LogP contribution in [0.4, 0.5) is 0 Å². The number of aryl methyl sites for hydroxylation is 4. The second-order valence-corrected chi connectivity index (χ2v) is 13.4. The Balaban J connectivity index is 0.000000184. The van der Waals surface area contributed by atoms with E-state index in [4.69, 9.17) is 0 Å². The number of fused-ring (bicyclic) bond motifs is 6. The van der Waals surface area contributed by atoms with E-state index in [2.05, 4.69) is 158 Å². The van der Waals surface area contributed by atoms with Crippen LogP contribution in [0.25, 0.3) is 21.5 Å². The third kappa shape index (κ3) is 10.5. The maximum Gasteiger partial charge on any atom is -0.00201 e. The van der Waals surface area contributed by atoms with Gasteiger partial charge >= 0.3 is 0 Å². The molecule has 0 N–H and O–H groups in total. The van der Waals surface area contributed by atoms with E-state index >= 15 is 0 Å². The van der Waals surface area contributed by atoms with Gasteiger partial charge in [0.25, 0.3) is 0 Å². The van der Waals surface area contributed by atoms with E-state index in [-0.39, 0.29) is 29.7 Å². The monoisotopic (exact) mass is 686 g/mol. The van der Waals surface area contributed by atoms with Gasteiger partial charge in [0.1, 0.15) is 0 Å². The molecule has 0 saturated heterocycles. The van der Waals surface area contributed by atoms with Crippen molar-refractivity contribution in [1.29, 1.82) is 0 Å². The SMILES string of the molecule is C.C.C.C.c1ccc2c(c1)CCCC2.c1ccc2c(c1)CCCC2.c1ccc2c(c1)Cc1ccccc1C2.c1ccc2cc3ccccc3cc2c1. The first-order chi connectivity index (χ1) is 23.8. The molecule has 0 aliphatic heterocycles. The molecule has 0 unspecified atom stereocenters. The van der Waals surface area contributed by atoms with Crippen LogP contribution in [0.1, 0.15) is 99.9 Å². The van der Waals surface area contributed by atoms with Crippen LogP contribution in [0.5, 0.6) is 0 Å². The number of rotatable bonds is 0. The van der Waals surface area contributed by atoms with Crippen LogP contribution in [0.2, 0.25) is 0 Å². The average molecular weight is 687 g/mol. The van der Waals surface area contributed by atoms with Gasteiger partial charge in [0.15, 0.2) is 0 Å². The number of benzene rings is 7. The Labute approximate surface area is 316 Å². The lowest BCUT2D eigenvalue weighted by Gasteiger charge is -2.18. The summed E-state index contributed by atoms with van der Waals surface area (Å²) in [4.78, 5) is 0. The van der Waals surface area contributed by atoms with E-state index in [0.29, 0.717) is 0 Å². The van der Waals surface area contributed by atoms with Crippen LogP contribution >= 0.6 is 0 Å². The summed E-state index contributed by atoms with van der Waals surface area (Å²) in [6.07, 6.45) is 13.0. The van der Waals surface area contributed by atoms with Crippen molar-refractivity contribution in [3.63, 3.8) is 0 Å². The number of hydrogen-bond donors (Lipinski definition) is 0. The standard InChI is InChI=1S/C14H12.C14H10.2C10H12.4CH4/c2*1-2-6-12-10-14-8-4-3-7-13(14)9-11(12)5-1;2*1-2-6-10-8-4-3-7-9(10)5-1;;;;/h1-8H,9-10H2;1-10H;2*1-2,5-6H,3-4,7-8H2;4*1H4. The largest absolute Gasteiger partial charge is 0.0776 e. The molecule has 3 aliphatic rings. The van der Waals surface area contributed by atoms with Crippen molar-refractivity contribution in [2.24, 2.45) is 0 Å². The maximum atomic E-state index is 2.26. The summed E-state index contributed by atoms with van der Waals surface area (Å²) in [6.45, 7) is 0. The Bertz CT molecular complexity index is 1800. The molecule has 52 heavy (non-hydrogen) atoms. The summed E-state index contributed by atoms with van der Waals surface area (Å²) in [5.41, 5.74) is 12.3. The van der Waals surface area contributed by atoms with Gasteiger partial charge in [-0.1, -0.05) is 175 Å². The van der Waals surface area contributed by atoms with E-state index in [1.807, 2.05) is 0 Å². The first-order valence-corrected chi connectivity index (χ1v) is 17.9. The zero-order valence-electron chi connectivity index (χ0n) is 28.1. The van der Waals surface area contributed by atoms with Crippen molar-refractivity contribution in [1.82, 2.24) is 0 Å². The second kappa shape index (κ2) is 20.8. The van der Waals surface area contributed by atoms with Crippen molar-refractivity contribution in [3.8, 4) is 0 Å². The predicted molar refractivity (Wildman–Crippen MR) is 233 cm³/mol. The van der Waals surface area contributed by atoms with E-state index in [1.54, 1.807) is 22.3 Å². The van der Waals surface area contributed by atoms with Gasteiger partial charge in [-0.15, -0.1) is 0 Å². The fourth-order valence-corrected chi connectivity index (χ4v) is 7.45. The molecule has 0 heteroatoms. The van der Waals surface area contributed by atoms with Crippen molar-refractivity contribution in [2.45, 2.75) is 93.9 Å². The fourth-order valence-electron chi connectivity index (χ4n) is 7.45. The molecule has 3 aliphatic carbocycles. The van der Waals surface area contributed by atoms with Crippen molar-refractivity contribution in [2.75, 3.05) is 0 Å². The van der Waals surface area contributed by atoms with Crippen molar-refractivity contribution in [3.05, 3.63) is 202 Å². The van der Waals surface area contributed by atoms with E-state index in [0.717, 1.165) is 12.8 Å². The van der Waals surface area contributed by atoms with Gasteiger partial charge in [-0.3, -0.25) is 0 Å². The molecule has 0 radical (unpaired) electrons. The normalized spacial score (nSPS) is 12.8. The lowest BCUT2D eigenvalue weighted by Crippen LogP contribution is -2.06. The lowest BCUT2D eigenvalue weighted by atomic mass is 9.86. The zero-order valence-corrected chi connectivity index (χ0v) is 28.1. The molecule has 10 rings (SSSR count). The molecule has 0 heterocycles. The van der Waals surface area contributed by atoms with Crippen LogP contribution in [-0.4, -0.2) is 0 Å². The summed E-state index contributed by atoms with van der Waals surface area (Å²) in [7, 11) is 0. The molecular formula is C52H62. The highest BCUT2D eigenvalue weighted by atomic mass is 14.2. The van der Waals surface area contributed by atoms with Gasteiger partial charge in [-0.2, -0.15) is 0 Å². The summed E-state index contributed by atoms with van der Waals surface area (Å²) in [5, 5.41) is 5.25. The summed E-state index contributed by atoms with van der Waals surface area (Å²) in [5.74, 6) is 0. The Hall–Kier alpha value is -4.94. The van der Waals surface area contributed by atoms with Gasteiger partial charge < -0.3 is 0 Å². The Morgan fingerprint density at radius 2 is 0.423 bits per heavy atom. The quantitative estimate of drug-likeness (QED) is 0.139. The Morgan fingerprint density at radius 3 is 0.654 bits per heavy atom. The summed E-state index contributed by atoms with van der Waals surface area (Å²) >= 11 is 0. The van der Waals surface area contributed by atoms with Crippen LogP contribution < -0.4 is 0 Å². The Kier molecular flexibility index (Phi) is 16.6. The van der Waals surface area contributed by atoms with Gasteiger partial charge in [-0.25, -0.2) is 0 Å². The molecular weight excluding hydrogens is 625 g/mol. The molecule has 0 aromatic heterocycles. The van der Waals surface area contributed by atoms with Crippen LogP contribution in [-0.2, 0) is 38.5 Å². The average Bonchev–Trinajstić information content (AvgIpc) is 3.17. The second-order valence-electron chi connectivity index (χ2n) is 13.4. The smallest absolute Gasteiger partial charge is 0.00201 e. The van der Waals surface area contributed by atoms with E-state index in [9.17, 15) is 0 Å². The van der Waals surface area contributed by atoms with Gasteiger partial charge in [0.05, 0.1) is 0 Å². The minimum absolute atomic E-state index is 0. The molecule has 7 aromatic rings. The van der Waals surface area contributed by atoms with Crippen LogP contribution in [0.3, 0.4) is 0 Å². The van der Waals surface area contributed by atoms with Crippen LogP contribution in [0.15, 0.2) is 158 Å². The molecule has 0 bridgehead atoms. The maximum absolute atomic E-state index is 2.26. The molecule has 0 nitrogen and oxygen atoms in total. The third-order valence-electron chi connectivity index (χ3n) is 10.1. The predicted octanol–water partition coefficient (Wildman–Crippen LogP) is 14.8. The molecule has 0 spiro atoms. The van der Waals surface area contributed by atoms with Crippen LogP contribution in [0, 0.1) is 0 Å². The molecule has 0 atom stereocenters. The third-order valence-corrected chi connectivity index (χ3v) is 10.1. The first kappa shape index (κ1) is 41.5. The first-order valence-electron chi connectivity index (χ1n) is 17.9. The minimum Gasteiger partial charge on any atom is -0.0776 e. The molecule has 270 valence electrons. The van der Waals surface area contributed by atoms with Crippen molar-refractivity contribution >= 4 is 21.5 Å². The highest BCUT2D eigenvalue weighted by Crippen LogP contribution is 2.27. The molecule has 7 aromatic carbocycles. The molecule has 0 amide bonds. The van der Waals surface area contributed by atoms with Gasteiger partial charge in [-0.05, 0) is 142 Å².